The topological polar surface area (TPSA) is 120 Å². The number of fused-ring (bicyclic) bond motifs is 3. The summed E-state index contributed by atoms with van der Waals surface area (Å²) in [6.45, 7) is 8.46. The second-order valence-electron chi connectivity index (χ2n) is 11.7. The van der Waals surface area contributed by atoms with Crippen LogP contribution in [0.25, 0.3) is 11.1 Å². The summed E-state index contributed by atoms with van der Waals surface area (Å²) < 4.78 is 43.6. The maximum Gasteiger partial charge on any atom is 0.407 e. The Kier molecular flexibility index (Phi) is 22.0. The van der Waals surface area contributed by atoms with Gasteiger partial charge in [0.1, 0.15) is 13.2 Å². The third-order valence-corrected chi connectivity index (χ3v) is 7.94. The predicted molar refractivity (Wildman–Crippen MR) is 187 cm³/mol. The number of hydrogen-bond donors (Lipinski definition) is 1. The van der Waals surface area contributed by atoms with Gasteiger partial charge in [-0.2, -0.15) is 0 Å². The smallest absolute Gasteiger partial charge is 0.407 e. The highest BCUT2D eigenvalue weighted by Gasteiger charge is 2.28. The number of carbonyl (C=O) groups is 2. The van der Waals surface area contributed by atoms with Gasteiger partial charge >= 0.3 is 12.1 Å². The fourth-order valence-corrected chi connectivity index (χ4v) is 5.41. The molecule has 0 saturated carbocycles. The summed E-state index contributed by atoms with van der Waals surface area (Å²) in [6, 6.07) is 16.5. The molecule has 0 fully saturated rings. The fourth-order valence-electron chi connectivity index (χ4n) is 5.41. The Hall–Kier alpha value is -3.06. The molecular formula is C38H57NO10. The van der Waals surface area contributed by atoms with Crippen molar-refractivity contribution in [1.29, 1.82) is 0 Å². The molecule has 0 atom stereocenters. The second-order valence-corrected chi connectivity index (χ2v) is 11.7. The molecule has 0 aliphatic heterocycles. The number of amides is 1. The number of hydrogen-bond acceptors (Lipinski definition) is 10. The molecule has 3 rings (SSSR count). The molecule has 0 saturated heterocycles. The lowest BCUT2D eigenvalue weighted by Crippen LogP contribution is -2.29. The van der Waals surface area contributed by atoms with E-state index in [0.717, 1.165) is 12.8 Å². The van der Waals surface area contributed by atoms with E-state index in [1.807, 2.05) is 24.3 Å². The van der Waals surface area contributed by atoms with E-state index >= 15 is 0 Å². The van der Waals surface area contributed by atoms with E-state index in [1.54, 1.807) is 0 Å². The van der Waals surface area contributed by atoms with E-state index in [-0.39, 0.29) is 25.1 Å². The van der Waals surface area contributed by atoms with Gasteiger partial charge in [-0.05, 0) is 28.7 Å². The van der Waals surface area contributed by atoms with Crippen molar-refractivity contribution in [2.75, 3.05) is 99.0 Å². The molecule has 2 aromatic rings. The lowest BCUT2D eigenvalue weighted by molar-refractivity contribution is -0.145. The van der Waals surface area contributed by atoms with Crippen molar-refractivity contribution in [3.8, 4) is 11.1 Å². The Morgan fingerprint density at radius 1 is 0.551 bits per heavy atom. The van der Waals surface area contributed by atoms with Crippen LogP contribution in [0.2, 0.25) is 0 Å². The van der Waals surface area contributed by atoms with Crippen LogP contribution in [0.5, 0.6) is 0 Å². The number of ether oxygens (including phenoxy) is 8. The molecule has 0 spiro atoms. The Balaban J connectivity index is 0.996. The normalized spacial score (nSPS) is 12.1. The van der Waals surface area contributed by atoms with Gasteiger partial charge in [0.15, 0.2) is 0 Å². The molecule has 49 heavy (non-hydrogen) atoms. The summed E-state index contributed by atoms with van der Waals surface area (Å²) in [7, 11) is 0. The summed E-state index contributed by atoms with van der Waals surface area (Å²) >= 11 is 0. The average molecular weight is 688 g/mol. The zero-order valence-corrected chi connectivity index (χ0v) is 29.3. The number of nitrogens with one attached hydrogen (secondary N) is 1. The van der Waals surface area contributed by atoms with Crippen LogP contribution in [0.4, 0.5) is 4.79 Å². The Bertz CT molecular complexity index is 1120. The minimum absolute atomic E-state index is 0.0378. The maximum atomic E-state index is 12.2. The van der Waals surface area contributed by atoms with Gasteiger partial charge in [0.05, 0.1) is 79.3 Å². The first-order valence-electron chi connectivity index (χ1n) is 17.9. The molecular weight excluding hydrogens is 630 g/mol. The summed E-state index contributed by atoms with van der Waals surface area (Å²) in [4.78, 5) is 23.9. The van der Waals surface area contributed by atoms with Gasteiger partial charge in [-0.1, -0.05) is 87.6 Å². The highest BCUT2D eigenvalue weighted by atomic mass is 16.6. The second kappa shape index (κ2) is 26.8. The molecule has 274 valence electrons. The highest BCUT2D eigenvalue weighted by Crippen LogP contribution is 2.44. The van der Waals surface area contributed by atoms with Gasteiger partial charge in [-0.25, -0.2) is 4.79 Å². The van der Waals surface area contributed by atoms with Crippen molar-refractivity contribution in [2.24, 2.45) is 0 Å². The summed E-state index contributed by atoms with van der Waals surface area (Å²) in [5.74, 6) is -0.110. The zero-order valence-electron chi connectivity index (χ0n) is 29.3. The number of alkyl carbamates (subject to hydrolysis) is 1. The molecule has 0 heterocycles. The van der Waals surface area contributed by atoms with Crippen molar-refractivity contribution in [2.45, 2.75) is 57.8 Å². The van der Waals surface area contributed by atoms with Crippen molar-refractivity contribution in [3.63, 3.8) is 0 Å². The summed E-state index contributed by atoms with van der Waals surface area (Å²) in [5.41, 5.74) is 4.77. The van der Waals surface area contributed by atoms with Crippen LogP contribution >= 0.6 is 0 Å². The van der Waals surface area contributed by atoms with Crippen LogP contribution in [0, 0.1) is 0 Å². The molecule has 1 N–H and O–H groups in total. The van der Waals surface area contributed by atoms with E-state index in [0.29, 0.717) is 92.2 Å². The van der Waals surface area contributed by atoms with E-state index in [4.69, 9.17) is 37.9 Å². The Labute approximate surface area is 292 Å². The van der Waals surface area contributed by atoms with E-state index in [2.05, 4.69) is 36.5 Å². The number of unbranched alkanes of at least 4 members (excludes halogenated alkanes) is 5. The molecule has 11 heteroatoms. The number of esters is 1. The molecule has 0 unspecified atom stereocenters. The minimum Gasteiger partial charge on any atom is -0.463 e. The van der Waals surface area contributed by atoms with E-state index in [9.17, 15) is 9.59 Å². The van der Waals surface area contributed by atoms with Crippen LogP contribution < -0.4 is 5.32 Å². The quantitative estimate of drug-likeness (QED) is 0.0783. The van der Waals surface area contributed by atoms with Gasteiger partial charge in [0, 0.05) is 18.9 Å². The van der Waals surface area contributed by atoms with Gasteiger partial charge in [-0.15, -0.1) is 0 Å². The molecule has 2 aromatic carbocycles. The first-order chi connectivity index (χ1) is 24.2. The van der Waals surface area contributed by atoms with Gasteiger partial charge < -0.3 is 43.2 Å². The fraction of sp³-hybridized carbons (Fsp3) is 0.632. The summed E-state index contributed by atoms with van der Waals surface area (Å²) in [5, 5.41) is 2.74. The lowest BCUT2D eigenvalue weighted by Gasteiger charge is -2.14. The van der Waals surface area contributed by atoms with Crippen LogP contribution in [0.3, 0.4) is 0 Å². The Morgan fingerprint density at radius 3 is 1.53 bits per heavy atom. The maximum absolute atomic E-state index is 12.2. The average Bonchev–Trinajstić information content (AvgIpc) is 3.44. The first kappa shape index (κ1) is 40.4. The van der Waals surface area contributed by atoms with Crippen LogP contribution in [0.1, 0.15) is 68.9 Å². The van der Waals surface area contributed by atoms with Crippen molar-refractivity contribution >= 4 is 12.1 Å². The third kappa shape index (κ3) is 17.4. The molecule has 11 nitrogen and oxygen atoms in total. The van der Waals surface area contributed by atoms with Gasteiger partial charge in [0.2, 0.25) is 0 Å². The van der Waals surface area contributed by atoms with Crippen LogP contribution in [-0.4, -0.2) is 111 Å². The molecule has 1 aliphatic carbocycles. The number of benzene rings is 2. The highest BCUT2D eigenvalue weighted by molar-refractivity contribution is 5.79. The number of carbonyl (C=O) groups excluding carboxylic acids is 2. The van der Waals surface area contributed by atoms with Crippen molar-refractivity contribution < 1.29 is 47.5 Å². The molecule has 0 aromatic heterocycles. The lowest BCUT2D eigenvalue weighted by atomic mass is 9.98. The first-order valence-corrected chi connectivity index (χ1v) is 17.9. The van der Waals surface area contributed by atoms with E-state index < -0.39 is 6.09 Å². The molecule has 0 radical (unpaired) electrons. The Morgan fingerprint density at radius 2 is 1.00 bits per heavy atom. The van der Waals surface area contributed by atoms with Crippen molar-refractivity contribution in [1.82, 2.24) is 5.32 Å². The standard InChI is InChI=1S/C38H57NO10/c1-2-3-4-5-6-7-16-37(40)48-30-29-47-28-27-46-26-25-45-24-23-44-22-21-43-20-19-42-18-17-39-38(41)49-31-36-34-14-10-8-12-32(34)33-13-9-11-15-35(33)36/h8-15,36H,2-7,16-31H2,1H3,(H,39,41). The molecule has 1 aliphatic rings. The van der Waals surface area contributed by atoms with E-state index in [1.165, 1.54) is 47.9 Å². The SMILES string of the molecule is CCCCCCCCC(=O)OCCOCCOCCOCCOCCOCCOCCNC(=O)OCC1c2ccccc2-c2ccccc21. The van der Waals surface area contributed by atoms with Crippen LogP contribution in [0.15, 0.2) is 48.5 Å². The molecule has 1 amide bonds. The predicted octanol–water partition coefficient (Wildman–Crippen LogP) is 5.92. The third-order valence-electron chi connectivity index (χ3n) is 7.94. The van der Waals surface area contributed by atoms with Gasteiger partial charge in [-0.3, -0.25) is 4.79 Å². The van der Waals surface area contributed by atoms with Crippen LogP contribution in [-0.2, 0) is 42.7 Å². The minimum atomic E-state index is -0.452. The van der Waals surface area contributed by atoms with Crippen molar-refractivity contribution in [3.05, 3.63) is 59.7 Å². The monoisotopic (exact) mass is 687 g/mol. The molecule has 0 bridgehead atoms. The zero-order chi connectivity index (χ0) is 34.6. The summed E-state index contributed by atoms with van der Waals surface area (Å²) in [6.07, 6.45) is 6.94. The number of rotatable bonds is 30. The largest absolute Gasteiger partial charge is 0.463 e. The van der Waals surface area contributed by atoms with Gasteiger partial charge in [0.25, 0.3) is 0 Å².